The summed E-state index contributed by atoms with van der Waals surface area (Å²) in [7, 11) is 0. The molecule has 0 spiro atoms. The van der Waals surface area contributed by atoms with Crippen molar-refractivity contribution in [3.63, 3.8) is 0 Å². The third-order valence-corrected chi connectivity index (χ3v) is 2.69. The van der Waals surface area contributed by atoms with Gasteiger partial charge in [0.25, 0.3) is 0 Å². The third-order valence-electron chi connectivity index (χ3n) is 2.69. The maximum Gasteiger partial charge on any atom is 0.411 e. The van der Waals surface area contributed by atoms with Gasteiger partial charge in [-0.15, -0.1) is 0 Å². The second-order valence-corrected chi connectivity index (χ2v) is 4.96. The fourth-order valence-corrected chi connectivity index (χ4v) is 1.69. The number of rotatable bonds is 6. The van der Waals surface area contributed by atoms with Crippen LogP contribution in [0.15, 0.2) is 30.3 Å². The van der Waals surface area contributed by atoms with E-state index in [2.05, 4.69) is 10.1 Å². The Balaban J connectivity index is 2.39. The first-order chi connectivity index (χ1) is 9.21. The summed E-state index contributed by atoms with van der Waals surface area (Å²) in [4.78, 5) is 11.7. The standard InChI is InChI=1S/C14H18F3NO2/c1-13(2,11-6-4-3-5-7-11)18-12(19)8-9-20-10-14(15,16)17/h3-7H,8-10H2,1-2H3,(H,18,19). The Morgan fingerprint density at radius 2 is 1.80 bits per heavy atom. The molecule has 20 heavy (non-hydrogen) atoms. The molecule has 0 heterocycles. The van der Waals surface area contributed by atoms with E-state index in [-0.39, 0.29) is 18.9 Å². The SMILES string of the molecule is CC(C)(NC(=O)CCOCC(F)(F)F)c1ccccc1. The van der Waals surface area contributed by atoms with Gasteiger partial charge in [0.05, 0.1) is 12.1 Å². The number of carbonyl (C=O) groups excluding carboxylic acids is 1. The number of halogens is 3. The van der Waals surface area contributed by atoms with Crippen molar-refractivity contribution >= 4 is 5.91 Å². The van der Waals surface area contributed by atoms with Gasteiger partial charge in [-0.1, -0.05) is 30.3 Å². The van der Waals surface area contributed by atoms with Crippen molar-refractivity contribution in [3.8, 4) is 0 Å². The van der Waals surface area contributed by atoms with Gasteiger partial charge in [0.15, 0.2) is 0 Å². The summed E-state index contributed by atoms with van der Waals surface area (Å²) in [6, 6.07) is 9.33. The van der Waals surface area contributed by atoms with Crippen LogP contribution in [0.3, 0.4) is 0 Å². The van der Waals surface area contributed by atoms with Gasteiger partial charge in [-0.25, -0.2) is 0 Å². The van der Waals surface area contributed by atoms with E-state index in [9.17, 15) is 18.0 Å². The predicted octanol–water partition coefficient (Wildman–Crippen LogP) is 3.01. The molecule has 1 aromatic rings. The number of benzene rings is 1. The minimum Gasteiger partial charge on any atom is -0.372 e. The molecule has 1 rings (SSSR count). The number of hydrogen-bond acceptors (Lipinski definition) is 2. The topological polar surface area (TPSA) is 38.3 Å². The molecule has 112 valence electrons. The molecule has 0 saturated carbocycles. The Kier molecular flexibility index (Phi) is 5.56. The molecular formula is C14H18F3NO2. The molecule has 0 fully saturated rings. The van der Waals surface area contributed by atoms with Crippen LogP contribution in [0.25, 0.3) is 0 Å². The van der Waals surface area contributed by atoms with Gasteiger partial charge < -0.3 is 10.1 Å². The molecule has 0 atom stereocenters. The van der Waals surface area contributed by atoms with E-state index in [4.69, 9.17) is 0 Å². The normalized spacial score (nSPS) is 12.2. The van der Waals surface area contributed by atoms with Crippen molar-refractivity contribution in [2.24, 2.45) is 0 Å². The van der Waals surface area contributed by atoms with Crippen molar-refractivity contribution in [2.45, 2.75) is 32.0 Å². The zero-order valence-corrected chi connectivity index (χ0v) is 11.5. The van der Waals surface area contributed by atoms with Crippen LogP contribution >= 0.6 is 0 Å². The molecule has 1 amide bonds. The quantitative estimate of drug-likeness (QED) is 0.818. The van der Waals surface area contributed by atoms with Crippen LogP contribution in [0.5, 0.6) is 0 Å². The molecule has 0 bridgehead atoms. The van der Waals surface area contributed by atoms with E-state index in [0.717, 1.165) is 5.56 Å². The molecule has 0 radical (unpaired) electrons. The molecule has 0 aliphatic carbocycles. The fourth-order valence-electron chi connectivity index (χ4n) is 1.69. The van der Waals surface area contributed by atoms with Crippen LogP contribution in [0.2, 0.25) is 0 Å². The van der Waals surface area contributed by atoms with E-state index in [1.165, 1.54) is 0 Å². The van der Waals surface area contributed by atoms with Gasteiger partial charge >= 0.3 is 6.18 Å². The second kappa shape index (κ2) is 6.74. The highest BCUT2D eigenvalue weighted by Crippen LogP contribution is 2.19. The zero-order valence-electron chi connectivity index (χ0n) is 11.5. The lowest BCUT2D eigenvalue weighted by Crippen LogP contribution is -2.41. The Morgan fingerprint density at radius 1 is 1.20 bits per heavy atom. The maximum atomic E-state index is 11.8. The van der Waals surface area contributed by atoms with Crippen LogP contribution in [0.1, 0.15) is 25.8 Å². The van der Waals surface area contributed by atoms with Gasteiger partial charge in [-0.2, -0.15) is 13.2 Å². The lowest BCUT2D eigenvalue weighted by atomic mass is 9.94. The molecule has 0 saturated heterocycles. The summed E-state index contributed by atoms with van der Waals surface area (Å²) in [6.45, 7) is 2.08. The number of carbonyl (C=O) groups is 1. The average molecular weight is 289 g/mol. The first kappa shape index (κ1) is 16.5. The highest BCUT2D eigenvalue weighted by atomic mass is 19.4. The van der Waals surface area contributed by atoms with Crippen molar-refractivity contribution in [3.05, 3.63) is 35.9 Å². The predicted molar refractivity (Wildman–Crippen MR) is 69.1 cm³/mol. The third kappa shape index (κ3) is 6.06. The van der Waals surface area contributed by atoms with Crippen molar-refractivity contribution < 1.29 is 22.7 Å². The summed E-state index contributed by atoms with van der Waals surface area (Å²) in [5, 5.41) is 2.77. The van der Waals surface area contributed by atoms with E-state index in [1.54, 1.807) is 0 Å². The van der Waals surface area contributed by atoms with E-state index >= 15 is 0 Å². The van der Waals surface area contributed by atoms with E-state index < -0.39 is 18.3 Å². The van der Waals surface area contributed by atoms with Gasteiger partial charge in [0, 0.05) is 6.42 Å². The number of alkyl halides is 3. The van der Waals surface area contributed by atoms with Crippen LogP contribution in [-0.4, -0.2) is 25.3 Å². The monoisotopic (exact) mass is 289 g/mol. The molecule has 1 N–H and O–H groups in total. The Labute approximate surface area is 116 Å². The van der Waals surface area contributed by atoms with Crippen LogP contribution in [0.4, 0.5) is 13.2 Å². The van der Waals surface area contributed by atoms with Crippen LogP contribution < -0.4 is 5.32 Å². The summed E-state index contributed by atoms with van der Waals surface area (Å²) in [6.07, 6.45) is -4.47. The molecule has 0 aliphatic heterocycles. The van der Waals surface area contributed by atoms with Crippen LogP contribution in [-0.2, 0) is 15.1 Å². The van der Waals surface area contributed by atoms with Crippen molar-refractivity contribution in [2.75, 3.05) is 13.2 Å². The molecule has 0 aromatic heterocycles. The Bertz CT molecular complexity index is 430. The molecular weight excluding hydrogens is 271 g/mol. The average Bonchev–Trinajstić information content (AvgIpc) is 2.34. The fraction of sp³-hybridized carbons (Fsp3) is 0.500. The summed E-state index contributed by atoms with van der Waals surface area (Å²) in [5.41, 5.74) is 0.340. The van der Waals surface area contributed by atoms with E-state index in [1.807, 2.05) is 44.2 Å². The highest BCUT2D eigenvalue weighted by molar-refractivity contribution is 5.77. The number of nitrogens with one attached hydrogen (secondary N) is 1. The lowest BCUT2D eigenvalue weighted by Gasteiger charge is -2.27. The van der Waals surface area contributed by atoms with Crippen molar-refractivity contribution in [1.29, 1.82) is 0 Å². The first-order valence-corrected chi connectivity index (χ1v) is 6.22. The first-order valence-electron chi connectivity index (χ1n) is 6.22. The highest BCUT2D eigenvalue weighted by Gasteiger charge is 2.27. The summed E-state index contributed by atoms with van der Waals surface area (Å²) in [5.74, 6) is -0.346. The van der Waals surface area contributed by atoms with Gasteiger partial charge in [-0.3, -0.25) is 4.79 Å². The lowest BCUT2D eigenvalue weighted by molar-refractivity contribution is -0.174. The van der Waals surface area contributed by atoms with Gasteiger partial charge in [0.1, 0.15) is 6.61 Å². The minimum absolute atomic E-state index is 0.105. The Hall–Kier alpha value is -1.56. The van der Waals surface area contributed by atoms with Crippen LogP contribution in [0, 0.1) is 0 Å². The summed E-state index contributed by atoms with van der Waals surface area (Å²) >= 11 is 0. The van der Waals surface area contributed by atoms with Gasteiger partial charge in [-0.05, 0) is 19.4 Å². The largest absolute Gasteiger partial charge is 0.411 e. The number of hydrogen-bond donors (Lipinski definition) is 1. The van der Waals surface area contributed by atoms with E-state index in [0.29, 0.717) is 0 Å². The second-order valence-electron chi connectivity index (χ2n) is 4.96. The zero-order chi connectivity index (χ0) is 15.2. The molecule has 6 heteroatoms. The Morgan fingerprint density at radius 3 is 2.35 bits per heavy atom. The number of amides is 1. The molecule has 0 aliphatic rings. The maximum absolute atomic E-state index is 11.8. The minimum atomic E-state index is -4.36. The smallest absolute Gasteiger partial charge is 0.372 e. The van der Waals surface area contributed by atoms with Crippen molar-refractivity contribution in [1.82, 2.24) is 5.32 Å². The molecule has 0 unspecified atom stereocenters. The van der Waals surface area contributed by atoms with Gasteiger partial charge in [0.2, 0.25) is 5.91 Å². The number of ether oxygens (including phenoxy) is 1. The molecule has 1 aromatic carbocycles. The molecule has 3 nitrogen and oxygen atoms in total. The summed E-state index contributed by atoms with van der Waals surface area (Å²) < 4.78 is 39.9.